The highest BCUT2D eigenvalue weighted by Crippen LogP contribution is 2.23. The van der Waals surface area contributed by atoms with Crippen LogP contribution in [0.25, 0.3) is 0 Å². The number of hydrazine groups is 1. The maximum Gasteiger partial charge on any atom is 0.410 e. The minimum atomic E-state index is -0.432. The lowest BCUT2D eigenvalue weighted by atomic mass is 10.1. The Bertz CT molecular complexity index is 818. The van der Waals surface area contributed by atoms with Crippen molar-refractivity contribution >= 4 is 23.4 Å². The number of benzene rings is 1. The van der Waals surface area contributed by atoms with Gasteiger partial charge in [0.1, 0.15) is 11.6 Å². The molecule has 132 valence electrons. The van der Waals surface area contributed by atoms with E-state index in [1.165, 1.54) is 20.8 Å². The molecule has 2 aromatic rings. The van der Waals surface area contributed by atoms with Crippen LogP contribution in [0.4, 0.5) is 10.5 Å². The maximum atomic E-state index is 12.3. The van der Waals surface area contributed by atoms with Crippen molar-refractivity contribution in [2.45, 2.75) is 12.6 Å². The van der Waals surface area contributed by atoms with Gasteiger partial charge in [0.2, 0.25) is 0 Å². The molecule has 1 amide bonds. The van der Waals surface area contributed by atoms with Gasteiger partial charge in [-0.05, 0) is 5.56 Å². The number of nitrogens with two attached hydrogens (primary N) is 1. The van der Waals surface area contributed by atoms with Crippen LogP contribution in [0.5, 0.6) is 0 Å². The summed E-state index contributed by atoms with van der Waals surface area (Å²) in [5.41, 5.74) is 0.833. The second-order valence-electron chi connectivity index (χ2n) is 5.80. The fourth-order valence-corrected chi connectivity index (χ4v) is 2.78. The summed E-state index contributed by atoms with van der Waals surface area (Å²) in [5, 5.41) is 5.32. The van der Waals surface area contributed by atoms with Crippen LogP contribution in [0.15, 0.2) is 41.3 Å². The predicted octanol–water partition coefficient (Wildman–Crippen LogP) is 1.40. The van der Waals surface area contributed by atoms with E-state index >= 15 is 0 Å². The third kappa shape index (κ3) is 3.59. The van der Waals surface area contributed by atoms with Crippen molar-refractivity contribution in [1.82, 2.24) is 14.7 Å². The van der Waals surface area contributed by atoms with E-state index < -0.39 is 11.7 Å². The van der Waals surface area contributed by atoms with Crippen molar-refractivity contribution in [3.8, 4) is 0 Å². The first-order valence-corrected chi connectivity index (χ1v) is 8.06. The zero-order chi connectivity index (χ0) is 18.0. The number of halogens is 1. The molecule has 1 aromatic carbocycles. The molecule has 2 N–H and O–H groups in total. The van der Waals surface area contributed by atoms with E-state index in [0.717, 1.165) is 5.56 Å². The number of hydrogen-bond acceptors (Lipinski definition) is 6. The predicted molar refractivity (Wildman–Crippen MR) is 93.3 cm³/mol. The molecule has 0 aliphatic carbocycles. The summed E-state index contributed by atoms with van der Waals surface area (Å²) >= 11 is 6.03. The standard InChI is InChI=1S/C16H18ClN5O3/c1-20(18)13-7-19-22(15(23)14(13)17)12-8-21(9-12)16(24)25-10-11-5-3-2-4-6-11/h2-7,12H,8-10,18H2,1H3. The van der Waals surface area contributed by atoms with Gasteiger partial charge in [0.05, 0.1) is 17.9 Å². The third-order valence-corrected chi connectivity index (χ3v) is 4.33. The van der Waals surface area contributed by atoms with Gasteiger partial charge in [-0.2, -0.15) is 5.10 Å². The molecule has 0 unspecified atom stereocenters. The third-order valence-electron chi connectivity index (χ3n) is 3.98. The molecule has 1 aliphatic heterocycles. The van der Waals surface area contributed by atoms with Crippen LogP contribution >= 0.6 is 11.6 Å². The highest BCUT2D eigenvalue weighted by Gasteiger charge is 2.35. The Balaban J connectivity index is 1.58. The summed E-state index contributed by atoms with van der Waals surface area (Å²) < 4.78 is 6.52. The second kappa shape index (κ2) is 7.12. The molecular formula is C16H18ClN5O3. The molecule has 1 aromatic heterocycles. The number of ether oxygens (including phenoxy) is 1. The van der Waals surface area contributed by atoms with Crippen LogP contribution in [0.2, 0.25) is 5.02 Å². The molecule has 0 saturated carbocycles. The highest BCUT2D eigenvalue weighted by molar-refractivity contribution is 6.32. The molecule has 3 rings (SSSR count). The molecule has 0 radical (unpaired) electrons. The summed E-state index contributed by atoms with van der Waals surface area (Å²) in [6, 6.07) is 9.20. The van der Waals surface area contributed by atoms with Crippen molar-refractivity contribution in [1.29, 1.82) is 0 Å². The van der Waals surface area contributed by atoms with Crippen LogP contribution in [0, 0.1) is 0 Å². The fraction of sp³-hybridized carbons (Fsp3) is 0.312. The van der Waals surface area contributed by atoms with E-state index in [4.69, 9.17) is 22.2 Å². The first-order valence-electron chi connectivity index (χ1n) is 7.68. The van der Waals surface area contributed by atoms with Gasteiger partial charge in [0.25, 0.3) is 5.56 Å². The molecule has 1 aliphatic rings. The Morgan fingerprint density at radius 3 is 2.72 bits per heavy atom. The normalized spacial score (nSPS) is 14.1. The number of nitrogens with zero attached hydrogens (tertiary/aromatic N) is 4. The average molecular weight is 364 g/mol. The molecule has 0 atom stereocenters. The number of rotatable bonds is 4. The molecule has 9 heteroatoms. The van der Waals surface area contributed by atoms with Gasteiger partial charge in [0.15, 0.2) is 0 Å². The van der Waals surface area contributed by atoms with Crippen LogP contribution < -0.4 is 16.4 Å². The van der Waals surface area contributed by atoms with Gasteiger partial charge >= 0.3 is 6.09 Å². The topological polar surface area (TPSA) is 93.7 Å². The largest absolute Gasteiger partial charge is 0.445 e. The number of likely N-dealkylation sites (tertiary alicyclic amines) is 1. The zero-order valence-corrected chi connectivity index (χ0v) is 14.4. The second-order valence-corrected chi connectivity index (χ2v) is 6.18. The molecule has 1 fully saturated rings. The van der Waals surface area contributed by atoms with Crippen molar-refractivity contribution in [3.63, 3.8) is 0 Å². The summed E-state index contributed by atoms with van der Waals surface area (Å²) in [5.74, 6) is 5.59. The minimum Gasteiger partial charge on any atom is -0.445 e. The van der Waals surface area contributed by atoms with E-state index in [1.54, 1.807) is 7.05 Å². The number of carbonyl (C=O) groups excluding carboxylic acids is 1. The van der Waals surface area contributed by atoms with E-state index in [0.29, 0.717) is 18.8 Å². The molecule has 0 bridgehead atoms. The van der Waals surface area contributed by atoms with Crippen molar-refractivity contribution in [3.05, 3.63) is 57.5 Å². The van der Waals surface area contributed by atoms with Gasteiger partial charge in [-0.25, -0.2) is 15.3 Å². The quantitative estimate of drug-likeness (QED) is 0.652. The van der Waals surface area contributed by atoms with Crippen molar-refractivity contribution in [2.75, 3.05) is 25.1 Å². The monoisotopic (exact) mass is 363 g/mol. The van der Waals surface area contributed by atoms with Crippen LogP contribution in [0.1, 0.15) is 11.6 Å². The Morgan fingerprint density at radius 2 is 2.08 bits per heavy atom. The van der Waals surface area contributed by atoms with E-state index in [9.17, 15) is 9.59 Å². The van der Waals surface area contributed by atoms with Gasteiger partial charge in [0, 0.05) is 20.1 Å². The summed E-state index contributed by atoms with van der Waals surface area (Å²) in [6.45, 7) is 0.895. The summed E-state index contributed by atoms with van der Waals surface area (Å²) in [7, 11) is 1.57. The molecular weight excluding hydrogens is 346 g/mol. The smallest absolute Gasteiger partial charge is 0.410 e. The number of anilines is 1. The molecule has 2 heterocycles. The highest BCUT2D eigenvalue weighted by atomic mass is 35.5. The zero-order valence-electron chi connectivity index (χ0n) is 13.6. The lowest BCUT2D eigenvalue weighted by Gasteiger charge is -2.38. The SMILES string of the molecule is CN(N)c1cnn(C2CN(C(=O)OCc3ccccc3)C2)c(=O)c1Cl. The summed E-state index contributed by atoms with van der Waals surface area (Å²) in [6.07, 6.45) is 1.01. The van der Waals surface area contributed by atoms with Gasteiger partial charge in [-0.3, -0.25) is 4.79 Å². The fourth-order valence-electron chi connectivity index (χ4n) is 2.51. The van der Waals surface area contributed by atoms with E-state index in [1.807, 2.05) is 30.3 Å². The number of amides is 1. The Morgan fingerprint density at radius 1 is 1.40 bits per heavy atom. The van der Waals surface area contributed by atoms with Crippen molar-refractivity contribution < 1.29 is 9.53 Å². The lowest BCUT2D eigenvalue weighted by Crippen LogP contribution is -2.53. The molecule has 1 saturated heterocycles. The first kappa shape index (κ1) is 17.2. The molecule has 0 spiro atoms. The van der Waals surface area contributed by atoms with Crippen LogP contribution in [0.3, 0.4) is 0 Å². The molecule has 8 nitrogen and oxygen atoms in total. The van der Waals surface area contributed by atoms with Gasteiger partial charge < -0.3 is 14.6 Å². The van der Waals surface area contributed by atoms with Crippen LogP contribution in [-0.4, -0.2) is 40.9 Å². The first-order chi connectivity index (χ1) is 12.0. The molecule has 25 heavy (non-hydrogen) atoms. The number of carbonyl (C=O) groups is 1. The van der Waals surface area contributed by atoms with E-state index in [2.05, 4.69) is 5.10 Å². The van der Waals surface area contributed by atoms with Crippen molar-refractivity contribution in [2.24, 2.45) is 5.84 Å². The minimum absolute atomic E-state index is 0.00473. The summed E-state index contributed by atoms with van der Waals surface area (Å²) in [4.78, 5) is 25.8. The lowest BCUT2D eigenvalue weighted by molar-refractivity contribution is 0.0483. The number of hydrogen-bond donors (Lipinski definition) is 1. The Kier molecular flexibility index (Phi) is 4.91. The van der Waals surface area contributed by atoms with Crippen LogP contribution in [-0.2, 0) is 11.3 Å². The van der Waals surface area contributed by atoms with E-state index in [-0.39, 0.29) is 17.7 Å². The average Bonchev–Trinajstić information content (AvgIpc) is 2.56. The van der Waals surface area contributed by atoms with Gasteiger partial charge in [-0.15, -0.1) is 0 Å². The maximum absolute atomic E-state index is 12.3. The Labute approximate surface area is 149 Å². The van der Waals surface area contributed by atoms with Gasteiger partial charge in [-0.1, -0.05) is 41.9 Å². The Hall–Kier alpha value is -2.58. The number of aromatic nitrogens is 2.